The summed E-state index contributed by atoms with van der Waals surface area (Å²) in [4.78, 5) is 48.0. The number of fused-ring (bicyclic) bond motifs is 2. The fraction of sp³-hybridized carbons (Fsp3) is 0.529. The van der Waals surface area contributed by atoms with Crippen LogP contribution in [0.3, 0.4) is 0 Å². The van der Waals surface area contributed by atoms with Crippen LogP contribution in [0, 0.1) is 12.8 Å². The monoisotopic (exact) mass is 597 g/mol. The number of rotatable bonds is 6. The minimum atomic E-state index is -0.604. The number of aryl methyl sites for hydroxylation is 2. The summed E-state index contributed by atoms with van der Waals surface area (Å²) < 4.78 is 1.83. The Bertz CT molecular complexity index is 1580. The van der Waals surface area contributed by atoms with Gasteiger partial charge in [-0.15, -0.1) is 0 Å². The number of amides is 3. The van der Waals surface area contributed by atoms with Crippen molar-refractivity contribution in [2.45, 2.75) is 70.1 Å². The molecular weight excluding hydrogens is 554 g/mol. The molecule has 10 nitrogen and oxygen atoms in total. The van der Waals surface area contributed by atoms with Crippen molar-refractivity contribution >= 4 is 34.3 Å². The van der Waals surface area contributed by atoms with E-state index in [0.29, 0.717) is 32.5 Å². The van der Waals surface area contributed by atoms with Gasteiger partial charge in [0.2, 0.25) is 17.7 Å². The number of hydrogen-bond donors (Lipinski definition) is 2. The van der Waals surface area contributed by atoms with Crippen LogP contribution in [-0.2, 0) is 34.4 Å². The average Bonchev–Trinajstić information content (AvgIpc) is 3.85. The first-order valence-electron chi connectivity index (χ1n) is 16.2. The van der Waals surface area contributed by atoms with Crippen LogP contribution in [0.4, 0.5) is 5.69 Å². The van der Waals surface area contributed by atoms with E-state index in [9.17, 15) is 14.4 Å². The second-order valence-corrected chi connectivity index (χ2v) is 13.1. The van der Waals surface area contributed by atoms with E-state index in [4.69, 9.17) is 0 Å². The molecule has 0 bridgehead atoms. The SMILES string of the molecule is Cc1ccc2c(c1)CCN2C1C[C@@H](C(=O)NCc2ccc3c(cnn3C)c2)N(C(=O)[C@@H]2NCCC[C@@H]2C(=O)N2CCCC2)C1. The van der Waals surface area contributed by atoms with E-state index in [0.717, 1.165) is 61.8 Å². The van der Waals surface area contributed by atoms with E-state index in [2.05, 4.69) is 45.8 Å². The second kappa shape index (κ2) is 11.9. The molecule has 3 aromatic rings. The topological polar surface area (TPSA) is 103 Å². The van der Waals surface area contributed by atoms with Crippen LogP contribution in [0.5, 0.6) is 0 Å². The number of anilines is 1. The fourth-order valence-electron chi connectivity index (χ4n) is 7.86. The molecule has 5 heterocycles. The Balaban J connectivity index is 1.13. The first kappa shape index (κ1) is 28.8. The third-order valence-electron chi connectivity index (χ3n) is 10.2. The number of benzene rings is 2. The average molecular weight is 598 g/mol. The summed E-state index contributed by atoms with van der Waals surface area (Å²) in [6.45, 7) is 6.07. The van der Waals surface area contributed by atoms with Crippen molar-refractivity contribution in [2.24, 2.45) is 13.0 Å². The minimum Gasteiger partial charge on any atom is -0.366 e. The molecule has 4 aliphatic heterocycles. The summed E-state index contributed by atoms with van der Waals surface area (Å²) >= 11 is 0. The first-order valence-corrected chi connectivity index (χ1v) is 16.2. The van der Waals surface area contributed by atoms with E-state index in [-0.39, 0.29) is 29.7 Å². The summed E-state index contributed by atoms with van der Waals surface area (Å²) in [5, 5.41) is 11.9. The largest absolute Gasteiger partial charge is 0.366 e. The molecule has 1 unspecified atom stereocenters. The molecule has 1 aromatic heterocycles. The first-order chi connectivity index (χ1) is 21.4. The highest BCUT2D eigenvalue weighted by Gasteiger charge is 2.47. The molecule has 2 aromatic carbocycles. The molecule has 2 N–H and O–H groups in total. The van der Waals surface area contributed by atoms with Crippen molar-refractivity contribution in [3.63, 3.8) is 0 Å². The number of aromatic nitrogens is 2. The summed E-state index contributed by atoms with van der Waals surface area (Å²) in [6.07, 6.45) is 6.95. The van der Waals surface area contributed by atoms with Gasteiger partial charge >= 0.3 is 0 Å². The maximum absolute atomic E-state index is 14.4. The zero-order valence-electron chi connectivity index (χ0n) is 25.8. The highest BCUT2D eigenvalue weighted by Crippen LogP contribution is 2.35. The predicted octanol–water partition coefficient (Wildman–Crippen LogP) is 2.52. The van der Waals surface area contributed by atoms with Crippen LogP contribution in [0.15, 0.2) is 42.6 Å². The van der Waals surface area contributed by atoms with Gasteiger partial charge in [0.05, 0.1) is 23.7 Å². The summed E-state index contributed by atoms with van der Waals surface area (Å²) in [6, 6.07) is 11.5. The number of carbonyl (C=O) groups is 3. The van der Waals surface area contributed by atoms with Gasteiger partial charge in [-0.2, -0.15) is 5.10 Å². The molecule has 3 amide bonds. The number of hydrogen-bond acceptors (Lipinski definition) is 6. The van der Waals surface area contributed by atoms with Gasteiger partial charge in [0.1, 0.15) is 6.04 Å². The van der Waals surface area contributed by atoms with Gasteiger partial charge < -0.3 is 25.3 Å². The number of piperidine rings is 1. The van der Waals surface area contributed by atoms with Gasteiger partial charge in [-0.1, -0.05) is 23.8 Å². The molecule has 232 valence electrons. The van der Waals surface area contributed by atoms with Crippen LogP contribution < -0.4 is 15.5 Å². The number of nitrogens with one attached hydrogen (secondary N) is 2. The van der Waals surface area contributed by atoms with Crippen molar-refractivity contribution in [3.05, 3.63) is 59.3 Å². The molecule has 10 heteroatoms. The van der Waals surface area contributed by atoms with E-state index in [1.54, 1.807) is 4.90 Å². The zero-order valence-corrected chi connectivity index (χ0v) is 25.8. The van der Waals surface area contributed by atoms with Gasteiger partial charge in [-0.3, -0.25) is 19.1 Å². The lowest BCUT2D eigenvalue weighted by Crippen LogP contribution is -2.59. The number of nitrogens with zero attached hydrogens (tertiary/aromatic N) is 5. The van der Waals surface area contributed by atoms with Gasteiger partial charge in [0.15, 0.2) is 0 Å². The normalized spacial score (nSPS) is 25.1. The molecule has 4 aliphatic rings. The lowest BCUT2D eigenvalue weighted by molar-refractivity contribution is -0.146. The van der Waals surface area contributed by atoms with Crippen LogP contribution in [0.1, 0.15) is 48.8 Å². The van der Waals surface area contributed by atoms with Crippen molar-refractivity contribution in [1.29, 1.82) is 0 Å². The molecule has 0 aliphatic carbocycles. The lowest BCUT2D eigenvalue weighted by Gasteiger charge is -2.36. The molecule has 3 saturated heterocycles. The van der Waals surface area contributed by atoms with Crippen molar-refractivity contribution in [3.8, 4) is 0 Å². The van der Waals surface area contributed by atoms with E-state index in [1.807, 2.05) is 41.0 Å². The summed E-state index contributed by atoms with van der Waals surface area (Å²) in [5.74, 6) is -0.572. The van der Waals surface area contributed by atoms with Crippen molar-refractivity contribution < 1.29 is 14.4 Å². The Morgan fingerprint density at radius 1 is 1.02 bits per heavy atom. The number of likely N-dealkylation sites (tertiary alicyclic amines) is 2. The Morgan fingerprint density at radius 3 is 2.70 bits per heavy atom. The molecule has 0 spiro atoms. The van der Waals surface area contributed by atoms with E-state index < -0.39 is 12.1 Å². The molecule has 7 rings (SSSR count). The summed E-state index contributed by atoms with van der Waals surface area (Å²) in [7, 11) is 1.91. The van der Waals surface area contributed by atoms with Crippen LogP contribution in [0.2, 0.25) is 0 Å². The zero-order chi connectivity index (χ0) is 30.4. The maximum Gasteiger partial charge on any atom is 0.243 e. The third-order valence-corrected chi connectivity index (χ3v) is 10.2. The third kappa shape index (κ3) is 5.33. The predicted molar refractivity (Wildman–Crippen MR) is 169 cm³/mol. The Kier molecular flexibility index (Phi) is 7.78. The van der Waals surface area contributed by atoms with E-state index in [1.165, 1.54) is 16.8 Å². The minimum absolute atomic E-state index is 0.0294. The van der Waals surface area contributed by atoms with Gasteiger partial charge in [0.25, 0.3) is 0 Å². The smallest absolute Gasteiger partial charge is 0.243 e. The van der Waals surface area contributed by atoms with Crippen LogP contribution in [-0.4, -0.2) is 88.2 Å². The lowest BCUT2D eigenvalue weighted by atomic mass is 9.88. The molecule has 0 radical (unpaired) electrons. The van der Waals surface area contributed by atoms with Gasteiger partial charge in [0, 0.05) is 56.9 Å². The van der Waals surface area contributed by atoms with Gasteiger partial charge in [-0.25, -0.2) is 0 Å². The maximum atomic E-state index is 14.4. The highest BCUT2D eigenvalue weighted by molar-refractivity contribution is 5.94. The summed E-state index contributed by atoms with van der Waals surface area (Å²) in [5.41, 5.74) is 5.80. The van der Waals surface area contributed by atoms with Crippen molar-refractivity contribution in [2.75, 3.05) is 37.6 Å². The standard InChI is InChI=1S/C34H43N7O3/c1-22-7-9-29-24(16-22)11-15-40(29)26-18-30(32(42)36-19-23-8-10-28-25(17-23)20-37-38(28)2)41(21-26)34(44)31-27(6-5-12-35-31)33(43)39-13-3-4-14-39/h7-10,16-17,20,26-27,30-31,35H,3-6,11-15,18-19,21H2,1-2H3,(H,36,42)/t26?,27-,30-,31+/m0/s1. The molecule has 44 heavy (non-hydrogen) atoms. The Hall–Kier alpha value is -3.92. The molecule has 3 fully saturated rings. The van der Waals surface area contributed by atoms with Crippen LogP contribution in [0.25, 0.3) is 10.9 Å². The quantitative estimate of drug-likeness (QED) is 0.453. The van der Waals surface area contributed by atoms with Crippen LogP contribution >= 0.6 is 0 Å². The molecule has 4 atom stereocenters. The Morgan fingerprint density at radius 2 is 1.86 bits per heavy atom. The van der Waals surface area contributed by atoms with E-state index >= 15 is 0 Å². The van der Waals surface area contributed by atoms with Crippen molar-refractivity contribution in [1.82, 2.24) is 30.2 Å². The van der Waals surface area contributed by atoms with Gasteiger partial charge in [-0.05, 0) is 81.3 Å². The highest BCUT2D eigenvalue weighted by atomic mass is 16.2. The fourth-order valence-corrected chi connectivity index (χ4v) is 7.86. The second-order valence-electron chi connectivity index (χ2n) is 13.1. The molecular formula is C34H43N7O3. The number of carbonyl (C=O) groups excluding carboxylic acids is 3. The Labute approximate surface area is 258 Å². The molecule has 0 saturated carbocycles.